The molecule has 0 aromatic carbocycles. The van der Waals surface area contributed by atoms with E-state index in [1.165, 1.54) is 0 Å². The second-order valence-electron chi connectivity index (χ2n) is 2.36. The lowest BCUT2D eigenvalue weighted by atomic mass is 10.5. The lowest BCUT2D eigenvalue weighted by Crippen LogP contribution is -2.19. The molecular weight excluding hydrogens is 265 g/mol. The normalized spacial score (nSPS) is 9.50. The van der Waals surface area contributed by atoms with Crippen molar-refractivity contribution in [3.05, 3.63) is 28.7 Å². The summed E-state index contributed by atoms with van der Waals surface area (Å²) in [4.78, 5) is 10.1. The predicted octanol–water partition coefficient (Wildman–Crippen LogP) is 1.70. The number of aromatic nitrogens is 2. The van der Waals surface area contributed by atoms with Gasteiger partial charge in [-0.3, -0.25) is 0 Å². The zero-order chi connectivity index (χ0) is 8.97. The summed E-state index contributed by atoms with van der Waals surface area (Å²) in [7, 11) is 1.98. The van der Waals surface area contributed by atoms with E-state index in [0.717, 1.165) is 15.9 Å². The van der Waals surface area contributed by atoms with Crippen LogP contribution in [0, 0.1) is 3.57 Å². The van der Waals surface area contributed by atoms with Crippen LogP contribution in [0.4, 0.5) is 5.82 Å². The van der Waals surface area contributed by atoms with Gasteiger partial charge >= 0.3 is 0 Å². The minimum absolute atomic E-state index is 0.799. The van der Waals surface area contributed by atoms with Gasteiger partial charge in [-0.1, -0.05) is 6.08 Å². The molecule has 1 heterocycles. The molecule has 0 atom stereocenters. The fraction of sp³-hybridized carbons (Fsp3) is 0.250. The number of anilines is 1. The van der Waals surface area contributed by atoms with Crippen LogP contribution in [0.3, 0.4) is 0 Å². The largest absolute Gasteiger partial charge is 0.355 e. The van der Waals surface area contributed by atoms with Crippen molar-refractivity contribution in [2.75, 3.05) is 18.5 Å². The number of hydrogen-bond acceptors (Lipinski definition) is 3. The Bertz CT molecular complexity index is 275. The van der Waals surface area contributed by atoms with Crippen LogP contribution < -0.4 is 4.90 Å². The Balaban J connectivity index is 2.86. The second-order valence-corrected chi connectivity index (χ2v) is 3.53. The van der Waals surface area contributed by atoms with Crippen molar-refractivity contribution in [2.24, 2.45) is 0 Å². The molecule has 64 valence electrons. The van der Waals surface area contributed by atoms with E-state index >= 15 is 0 Å². The van der Waals surface area contributed by atoms with Crippen molar-refractivity contribution in [1.82, 2.24) is 9.97 Å². The molecule has 0 saturated heterocycles. The van der Waals surface area contributed by atoms with Crippen molar-refractivity contribution < 1.29 is 0 Å². The highest BCUT2D eigenvalue weighted by Crippen LogP contribution is 2.15. The fourth-order valence-corrected chi connectivity index (χ4v) is 1.58. The van der Waals surface area contributed by atoms with Gasteiger partial charge in [0.05, 0.1) is 3.57 Å². The van der Waals surface area contributed by atoms with E-state index in [1.54, 1.807) is 12.5 Å². The van der Waals surface area contributed by atoms with Gasteiger partial charge in [0.25, 0.3) is 0 Å². The first-order valence-corrected chi connectivity index (χ1v) is 4.61. The average Bonchev–Trinajstić information content (AvgIpc) is 2.05. The van der Waals surface area contributed by atoms with Gasteiger partial charge < -0.3 is 4.90 Å². The average molecular weight is 275 g/mol. The van der Waals surface area contributed by atoms with Crippen LogP contribution in [0.1, 0.15) is 0 Å². The Hall–Kier alpha value is -0.650. The monoisotopic (exact) mass is 275 g/mol. The van der Waals surface area contributed by atoms with Crippen LogP contribution in [-0.4, -0.2) is 23.6 Å². The first-order valence-electron chi connectivity index (χ1n) is 3.53. The molecule has 3 nitrogen and oxygen atoms in total. The maximum atomic E-state index is 4.16. The van der Waals surface area contributed by atoms with Gasteiger partial charge in [0.2, 0.25) is 0 Å². The van der Waals surface area contributed by atoms with E-state index in [4.69, 9.17) is 0 Å². The van der Waals surface area contributed by atoms with Gasteiger partial charge in [0, 0.05) is 19.8 Å². The minimum atomic E-state index is 0.799. The number of nitrogens with zero attached hydrogens (tertiary/aromatic N) is 3. The lowest BCUT2D eigenvalue weighted by Gasteiger charge is -2.16. The van der Waals surface area contributed by atoms with Crippen LogP contribution in [0.15, 0.2) is 25.2 Å². The molecule has 0 spiro atoms. The molecule has 0 saturated carbocycles. The summed E-state index contributed by atoms with van der Waals surface area (Å²) in [6, 6.07) is 0. The van der Waals surface area contributed by atoms with E-state index in [-0.39, 0.29) is 0 Å². The third kappa shape index (κ3) is 2.17. The number of hydrogen-bond donors (Lipinski definition) is 0. The fourth-order valence-electron chi connectivity index (χ4n) is 0.867. The summed E-state index contributed by atoms with van der Waals surface area (Å²) in [5, 5.41) is 0. The SMILES string of the molecule is C=CCN(C)c1ncncc1I. The second kappa shape index (κ2) is 4.39. The van der Waals surface area contributed by atoms with Gasteiger partial charge in [-0.15, -0.1) is 6.58 Å². The third-order valence-electron chi connectivity index (χ3n) is 1.41. The summed E-state index contributed by atoms with van der Waals surface area (Å²) in [6.07, 6.45) is 5.19. The molecule has 0 fully saturated rings. The molecule has 1 aromatic heterocycles. The van der Waals surface area contributed by atoms with Crippen molar-refractivity contribution in [3.8, 4) is 0 Å². The number of halogens is 1. The smallest absolute Gasteiger partial charge is 0.145 e. The van der Waals surface area contributed by atoms with Gasteiger partial charge in [0.15, 0.2) is 0 Å². The van der Waals surface area contributed by atoms with Crippen molar-refractivity contribution in [2.45, 2.75) is 0 Å². The highest BCUT2D eigenvalue weighted by Gasteiger charge is 2.03. The van der Waals surface area contributed by atoms with Crippen molar-refractivity contribution in [3.63, 3.8) is 0 Å². The summed E-state index contributed by atoms with van der Waals surface area (Å²) in [5.41, 5.74) is 0. The molecule has 0 unspecified atom stereocenters. The molecule has 0 bridgehead atoms. The molecular formula is C8H10IN3. The summed E-state index contributed by atoms with van der Waals surface area (Å²) >= 11 is 2.21. The summed E-state index contributed by atoms with van der Waals surface area (Å²) in [6.45, 7) is 4.47. The molecule has 0 amide bonds. The Morgan fingerprint density at radius 3 is 3.08 bits per heavy atom. The maximum Gasteiger partial charge on any atom is 0.145 e. The van der Waals surface area contributed by atoms with E-state index in [1.807, 2.05) is 18.0 Å². The van der Waals surface area contributed by atoms with Gasteiger partial charge in [-0.05, 0) is 22.6 Å². The third-order valence-corrected chi connectivity index (χ3v) is 2.17. The first-order chi connectivity index (χ1) is 5.75. The van der Waals surface area contributed by atoms with Gasteiger partial charge in [-0.25, -0.2) is 9.97 Å². The van der Waals surface area contributed by atoms with E-state index < -0.39 is 0 Å². The zero-order valence-corrected chi connectivity index (χ0v) is 9.02. The molecule has 0 aliphatic heterocycles. The van der Waals surface area contributed by atoms with Crippen LogP contribution >= 0.6 is 22.6 Å². The van der Waals surface area contributed by atoms with Crippen LogP contribution in [0.5, 0.6) is 0 Å². The Morgan fingerprint density at radius 2 is 2.50 bits per heavy atom. The summed E-state index contributed by atoms with van der Waals surface area (Å²) < 4.78 is 1.06. The Morgan fingerprint density at radius 1 is 1.75 bits per heavy atom. The van der Waals surface area contributed by atoms with Crippen LogP contribution in [0.2, 0.25) is 0 Å². The Labute approximate surface area is 85.7 Å². The minimum Gasteiger partial charge on any atom is -0.355 e. The lowest BCUT2D eigenvalue weighted by molar-refractivity contribution is 0.967. The topological polar surface area (TPSA) is 29.0 Å². The highest BCUT2D eigenvalue weighted by molar-refractivity contribution is 14.1. The zero-order valence-electron chi connectivity index (χ0n) is 6.87. The molecule has 12 heavy (non-hydrogen) atoms. The van der Waals surface area contributed by atoms with E-state index in [2.05, 4.69) is 39.1 Å². The number of rotatable bonds is 3. The molecule has 1 rings (SSSR count). The standard InChI is InChI=1S/C8H10IN3/c1-3-4-12(2)8-7(9)5-10-6-11-8/h3,5-6H,1,4H2,2H3. The Kier molecular flexibility index (Phi) is 3.46. The van der Waals surface area contributed by atoms with Crippen LogP contribution in [-0.2, 0) is 0 Å². The molecule has 0 N–H and O–H groups in total. The molecule has 1 aromatic rings. The molecule has 0 aliphatic rings. The maximum absolute atomic E-state index is 4.16. The quantitative estimate of drug-likeness (QED) is 0.621. The van der Waals surface area contributed by atoms with Crippen molar-refractivity contribution in [1.29, 1.82) is 0 Å². The number of likely N-dealkylation sites (N-methyl/N-ethyl adjacent to an activating group) is 1. The predicted molar refractivity (Wildman–Crippen MR) is 58.2 cm³/mol. The van der Waals surface area contributed by atoms with Crippen molar-refractivity contribution >= 4 is 28.4 Å². The van der Waals surface area contributed by atoms with E-state index in [9.17, 15) is 0 Å². The van der Waals surface area contributed by atoms with Gasteiger partial charge in [-0.2, -0.15) is 0 Å². The first kappa shape index (κ1) is 9.44. The molecule has 0 radical (unpaired) electrons. The molecule has 4 heteroatoms. The molecule has 0 aliphatic carbocycles. The van der Waals surface area contributed by atoms with Gasteiger partial charge in [0.1, 0.15) is 12.1 Å². The van der Waals surface area contributed by atoms with Crippen LogP contribution in [0.25, 0.3) is 0 Å². The highest BCUT2D eigenvalue weighted by atomic mass is 127. The summed E-state index contributed by atoms with van der Waals surface area (Å²) in [5.74, 6) is 0.950. The van der Waals surface area contributed by atoms with E-state index in [0.29, 0.717) is 0 Å².